The molecule has 11 heteroatoms. The van der Waals surface area contributed by atoms with Gasteiger partial charge in [0.25, 0.3) is 0 Å². The summed E-state index contributed by atoms with van der Waals surface area (Å²) >= 11 is 5.91. The van der Waals surface area contributed by atoms with Gasteiger partial charge in [-0.05, 0) is 61.4 Å². The van der Waals surface area contributed by atoms with Gasteiger partial charge in [-0.2, -0.15) is 0 Å². The number of nitrogens with zero attached hydrogens (tertiary/aromatic N) is 2. The molecule has 1 saturated carbocycles. The van der Waals surface area contributed by atoms with Gasteiger partial charge in [-0.15, -0.1) is 0 Å². The van der Waals surface area contributed by atoms with Crippen molar-refractivity contribution in [2.45, 2.75) is 22.5 Å². The number of hydrogen-bond donors (Lipinski definition) is 4. The topological polar surface area (TPSA) is 147 Å². The highest BCUT2D eigenvalue weighted by Crippen LogP contribution is 2.55. The second-order valence-corrected chi connectivity index (χ2v) is 10.3. The zero-order valence-corrected chi connectivity index (χ0v) is 19.0. The molecular weight excluding hydrogens is 466 g/mol. The van der Waals surface area contributed by atoms with Crippen LogP contribution in [0.4, 0.5) is 16.3 Å². The van der Waals surface area contributed by atoms with Crippen LogP contribution in [0.3, 0.4) is 0 Å². The molecule has 1 aromatic heterocycles. The molecule has 0 spiro atoms. The average Bonchev–Trinajstić information content (AvgIpc) is 3.61. The number of aromatic nitrogens is 2. The highest BCUT2D eigenvalue weighted by molar-refractivity contribution is 7.92. The van der Waals surface area contributed by atoms with Crippen LogP contribution in [-0.2, 0) is 14.6 Å². The van der Waals surface area contributed by atoms with Gasteiger partial charge in [0, 0.05) is 28.9 Å². The van der Waals surface area contributed by atoms with Gasteiger partial charge in [0.15, 0.2) is 15.7 Å². The smallest absolute Gasteiger partial charge is 0.319 e. The van der Waals surface area contributed by atoms with Gasteiger partial charge in [0.1, 0.15) is 10.6 Å². The summed E-state index contributed by atoms with van der Waals surface area (Å²) in [7, 11) is -3.72. The summed E-state index contributed by atoms with van der Waals surface area (Å²) in [5, 5.41) is 14.4. The fraction of sp³-hybridized carbons (Fsp3) is 0.227. The number of benzene rings is 2. The molecule has 5 N–H and O–H groups in total. The minimum absolute atomic E-state index is 0.143. The molecule has 172 valence electrons. The summed E-state index contributed by atoms with van der Waals surface area (Å²) in [6, 6.07) is 13.9. The highest BCUT2D eigenvalue weighted by atomic mass is 35.5. The Bertz CT molecular complexity index is 1280. The molecule has 1 aliphatic rings. The van der Waals surface area contributed by atoms with Gasteiger partial charge in [-0.3, -0.25) is 0 Å². The molecule has 0 atom stereocenters. The van der Waals surface area contributed by atoms with Gasteiger partial charge < -0.3 is 21.5 Å². The van der Waals surface area contributed by atoms with Crippen molar-refractivity contribution in [2.75, 3.05) is 24.2 Å². The van der Waals surface area contributed by atoms with Crippen molar-refractivity contribution in [3.63, 3.8) is 0 Å². The Morgan fingerprint density at radius 2 is 1.76 bits per heavy atom. The van der Waals surface area contributed by atoms with Crippen LogP contribution in [0, 0.1) is 0 Å². The molecule has 4 rings (SSSR count). The van der Waals surface area contributed by atoms with Crippen molar-refractivity contribution in [3.05, 3.63) is 65.3 Å². The van der Waals surface area contributed by atoms with E-state index in [0.29, 0.717) is 40.6 Å². The summed E-state index contributed by atoms with van der Waals surface area (Å²) in [6.07, 6.45) is 0.860. The number of rotatable bonds is 7. The maximum absolute atomic E-state index is 13.4. The van der Waals surface area contributed by atoms with Crippen molar-refractivity contribution in [1.29, 1.82) is 0 Å². The van der Waals surface area contributed by atoms with Crippen molar-refractivity contribution in [2.24, 2.45) is 0 Å². The van der Waals surface area contributed by atoms with Crippen molar-refractivity contribution < 1.29 is 18.3 Å². The molecule has 0 bridgehead atoms. The van der Waals surface area contributed by atoms with E-state index in [-0.39, 0.29) is 23.9 Å². The molecule has 33 heavy (non-hydrogen) atoms. The fourth-order valence-electron chi connectivity index (χ4n) is 3.49. The van der Waals surface area contributed by atoms with Crippen LogP contribution in [0.25, 0.3) is 11.4 Å². The van der Waals surface area contributed by atoms with Crippen LogP contribution in [0.15, 0.2) is 59.5 Å². The maximum Gasteiger partial charge on any atom is 0.319 e. The monoisotopic (exact) mass is 487 g/mol. The summed E-state index contributed by atoms with van der Waals surface area (Å²) in [6.45, 7) is -0.0127. The third-order valence-corrected chi connectivity index (χ3v) is 8.14. The molecule has 1 fully saturated rings. The van der Waals surface area contributed by atoms with E-state index < -0.39 is 20.6 Å². The Kier molecular flexibility index (Phi) is 6.24. The number of aliphatic hydroxyl groups is 1. The van der Waals surface area contributed by atoms with Crippen LogP contribution < -0.4 is 16.4 Å². The fourth-order valence-corrected chi connectivity index (χ4v) is 5.58. The number of amides is 2. The highest BCUT2D eigenvalue weighted by Gasteiger charge is 2.57. The molecule has 1 aliphatic carbocycles. The standard InChI is InChI=1S/C22H22ClN5O4S/c23-15-3-7-17(8-4-15)33(31,32)22(9-10-22)18-13-19(24)28-20(27-18)14-1-5-16(6-2-14)26-21(30)25-11-12-29/h1-8,13,29H,9-12H2,(H2,24,27,28)(H2,25,26,30). The van der Waals surface area contributed by atoms with Gasteiger partial charge in [-0.1, -0.05) is 11.6 Å². The molecule has 1 heterocycles. The minimum atomic E-state index is -3.72. The summed E-state index contributed by atoms with van der Waals surface area (Å²) in [4.78, 5) is 20.7. The number of halogens is 1. The third kappa shape index (κ3) is 4.63. The largest absolute Gasteiger partial charge is 0.395 e. The lowest BCUT2D eigenvalue weighted by Gasteiger charge is -2.17. The maximum atomic E-state index is 13.4. The SMILES string of the molecule is Nc1cc(C2(S(=O)(=O)c3ccc(Cl)cc3)CC2)nc(-c2ccc(NC(=O)NCCO)cc2)n1. The van der Waals surface area contributed by atoms with Gasteiger partial charge in [0.2, 0.25) is 0 Å². The summed E-state index contributed by atoms with van der Waals surface area (Å²) < 4.78 is 25.7. The van der Waals surface area contributed by atoms with E-state index in [1.54, 1.807) is 36.4 Å². The Morgan fingerprint density at radius 3 is 2.36 bits per heavy atom. The van der Waals surface area contributed by atoms with E-state index >= 15 is 0 Å². The molecule has 3 aromatic rings. The molecule has 0 saturated heterocycles. The van der Waals surface area contributed by atoms with Gasteiger partial charge >= 0.3 is 6.03 Å². The van der Waals surface area contributed by atoms with Gasteiger partial charge in [-0.25, -0.2) is 23.2 Å². The molecule has 2 amide bonds. The van der Waals surface area contributed by atoms with Gasteiger partial charge in [0.05, 0.1) is 17.2 Å². The van der Waals surface area contributed by atoms with Crippen molar-refractivity contribution in [3.8, 4) is 11.4 Å². The molecular formula is C22H22ClN5O4S. The number of hydrogen-bond acceptors (Lipinski definition) is 7. The number of nitrogens with one attached hydrogen (secondary N) is 2. The third-order valence-electron chi connectivity index (χ3n) is 5.35. The molecule has 0 unspecified atom stereocenters. The number of aliphatic hydroxyl groups excluding tert-OH is 1. The number of carbonyl (C=O) groups excluding carboxylic acids is 1. The Morgan fingerprint density at radius 1 is 1.09 bits per heavy atom. The van der Waals surface area contributed by atoms with Crippen LogP contribution in [0.2, 0.25) is 5.02 Å². The lowest BCUT2D eigenvalue weighted by Crippen LogP contribution is -2.30. The van der Waals surface area contributed by atoms with Crippen LogP contribution in [0.1, 0.15) is 18.5 Å². The van der Waals surface area contributed by atoms with E-state index in [1.807, 2.05) is 0 Å². The molecule has 2 aromatic carbocycles. The molecule has 9 nitrogen and oxygen atoms in total. The van der Waals surface area contributed by atoms with Crippen molar-refractivity contribution >= 4 is 39.0 Å². The Hall–Kier alpha value is -3.21. The zero-order chi connectivity index (χ0) is 23.6. The zero-order valence-electron chi connectivity index (χ0n) is 17.5. The predicted molar refractivity (Wildman–Crippen MR) is 126 cm³/mol. The van der Waals surface area contributed by atoms with Crippen LogP contribution in [0.5, 0.6) is 0 Å². The average molecular weight is 488 g/mol. The number of urea groups is 1. The number of anilines is 2. The van der Waals surface area contributed by atoms with E-state index in [9.17, 15) is 13.2 Å². The Labute approximate surface area is 195 Å². The first-order valence-electron chi connectivity index (χ1n) is 10.2. The predicted octanol–water partition coefficient (Wildman–Crippen LogP) is 2.96. The van der Waals surface area contributed by atoms with Crippen LogP contribution in [-0.4, -0.2) is 42.7 Å². The first kappa shape index (κ1) is 23.0. The van der Waals surface area contributed by atoms with E-state index in [0.717, 1.165) is 0 Å². The number of nitrogens with two attached hydrogens (primary N) is 1. The lowest BCUT2D eigenvalue weighted by molar-refractivity contribution is 0.245. The second kappa shape index (κ2) is 8.97. The van der Waals surface area contributed by atoms with Crippen LogP contribution >= 0.6 is 11.6 Å². The normalized spacial score (nSPS) is 14.5. The van der Waals surface area contributed by atoms with Crippen molar-refractivity contribution in [1.82, 2.24) is 15.3 Å². The molecule has 0 aliphatic heterocycles. The minimum Gasteiger partial charge on any atom is -0.395 e. The number of nitrogen functional groups attached to an aromatic ring is 1. The summed E-state index contributed by atoms with van der Waals surface area (Å²) in [5.41, 5.74) is 7.51. The summed E-state index contributed by atoms with van der Waals surface area (Å²) in [5.74, 6) is 0.456. The first-order chi connectivity index (χ1) is 15.7. The van der Waals surface area contributed by atoms with E-state index in [4.69, 9.17) is 22.4 Å². The second-order valence-electron chi connectivity index (χ2n) is 7.64. The first-order valence-corrected chi connectivity index (χ1v) is 12.0. The van der Waals surface area contributed by atoms with E-state index in [2.05, 4.69) is 20.6 Å². The molecule has 0 radical (unpaired) electrons. The number of sulfone groups is 1. The van der Waals surface area contributed by atoms with E-state index in [1.165, 1.54) is 18.2 Å². The Balaban J connectivity index is 1.62. The number of carbonyl (C=O) groups is 1. The lowest BCUT2D eigenvalue weighted by atomic mass is 10.1. The quantitative estimate of drug-likeness (QED) is 0.400.